The maximum atomic E-state index is 13.2. The molecule has 0 unspecified atom stereocenters. The summed E-state index contributed by atoms with van der Waals surface area (Å²) in [5, 5.41) is 22.4. The summed E-state index contributed by atoms with van der Waals surface area (Å²) >= 11 is 0. The summed E-state index contributed by atoms with van der Waals surface area (Å²) in [6, 6.07) is 12.1. The number of hydrogen-bond donors (Lipinski definition) is 2. The SMILES string of the molecule is Cc1ccc2cc(CN(CCO)Cc3nnnn3Cc3ccc(F)cc3)c(=O)[nH]c2c1C. The molecule has 4 aromatic rings. The van der Waals surface area contributed by atoms with Gasteiger partial charge in [0.15, 0.2) is 5.82 Å². The van der Waals surface area contributed by atoms with Crippen molar-refractivity contribution in [3.63, 3.8) is 0 Å². The van der Waals surface area contributed by atoms with Crippen molar-refractivity contribution >= 4 is 10.9 Å². The molecule has 0 aliphatic carbocycles. The number of aliphatic hydroxyl groups excluding tert-OH is 1. The van der Waals surface area contributed by atoms with Crippen LogP contribution in [0.5, 0.6) is 0 Å². The number of nitrogens with zero attached hydrogens (tertiary/aromatic N) is 5. The third-order valence-corrected chi connectivity index (χ3v) is 5.65. The molecule has 2 heterocycles. The predicted molar refractivity (Wildman–Crippen MR) is 119 cm³/mol. The van der Waals surface area contributed by atoms with Crippen LogP contribution >= 0.6 is 0 Å². The zero-order valence-electron chi connectivity index (χ0n) is 18.0. The molecule has 0 aliphatic rings. The first-order valence-electron chi connectivity index (χ1n) is 10.4. The molecule has 0 bridgehead atoms. The highest BCUT2D eigenvalue weighted by Gasteiger charge is 2.15. The molecule has 0 fully saturated rings. The smallest absolute Gasteiger partial charge is 0.252 e. The summed E-state index contributed by atoms with van der Waals surface area (Å²) in [6.45, 7) is 5.37. The molecule has 0 aliphatic heterocycles. The van der Waals surface area contributed by atoms with Crippen LogP contribution in [0.15, 0.2) is 47.3 Å². The lowest BCUT2D eigenvalue weighted by Gasteiger charge is -2.20. The number of nitrogens with one attached hydrogen (secondary N) is 1. The first-order valence-corrected chi connectivity index (χ1v) is 10.4. The van der Waals surface area contributed by atoms with Crippen molar-refractivity contribution in [2.75, 3.05) is 13.2 Å². The summed E-state index contributed by atoms with van der Waals surface area (Å²) in [7, 11) is 0. The first kappa shape index (κ1) is 21.8. The van der Waals surface area contributed by atoms with Gasteiger partial charge in [-0.3, -0.25) is 9.69 Å². The van der Waals surface area contributed by atoms with Crippen molar-refractivity contribution in [1.82, 2.24) is 30.1 Å². The van der Waals surface area contributed by atoms with E-state index < -0.39 is 0 Å². The van der Waals surface area contributed by atoms with E-state index in [9.17, 15) is 14.3 Å². The largest absolute Gasteiger partial charge is 0.395 e. The average Bonchev–Trinajstić information content (AvgIpc) is 3.20. The fourth-order valence-corrected chi connectivity index (χ4v) is 3.71. The molecule has 0 spiro atoms. The standard InChI is InChI=1S/C23H25FN6O2/c1-15-3-6-18-11-19(23(32)25-22(18)16(15)2)13-29(9-10-31)14-21-26-27-28-30(21)12-17-4-7-20(24)8-5-17/h3-8,11,31H,9-10,12-14H2,1-2H3,(H,25,32). The van der Waals surface area contributed by atoms with Crippen LogP contribution in [0.3, 0.4) is 0 Å². The van der Waals surface area contributed by atoms with Crippen molar-refractivity contribution < 1.29 is 9.50 Å². The molecule has 0 radical (unpaired) electrons. The van der Waals surface area contributed by atoms with Gasteiger partial charge in [0.25, 0.3) is 5.56 Å². The monoisotopic (exact) mass is 436 g/mol. The summed E-state index contributed by atoms with van der Waals surface area (Å²) < 4.78 is 14.8. The second-order valence-corrected chi connectivity index (χ2v) is 7.91. The number of aromatic amines is 1. The van der Waals surface area contributed by atoms with Gasteiger partial charge in [0.05, 0.1) is 25.2 Å². The Hall–Kier alpha value is -3.43. The van der Waals surface area contributed by atoms with Crippen molar-refractivity contribution in [2.45, 2.75) is 33.5 Å². The van der Waals surface area contributed by atoms with Crippen molar-refractivity contribution in [3.05, 3.63) is 86.7 Å². The molecule has 2 aromatic carbocycles. The highest BCUT2D eigenvalue weighted by molar-refractivity contribution is 5.83. The van der Waals surface area contributed by atoms with Crippen LogP contribution < -0.4 is 5.56 Å². The third kappa shape index (κ3) is 4.74. The highest BCUT2D eigenvalue weighted by Crippen LogP contribution is 2.19. The number of rotatable bonds is 8. The van der Waals surface area contributed by atoms with Crippen molar-refractivity contribution in [2.24, 2.45) is 0 Å². The Labute approximate surface area is 184 Å². The van der Waals surface area contributed by atoms with Gasteiger partial charge in [0.1, 0.15) is 5.82 Å². The molecule has 2 aromatic heterocycles. The molecule has 0 saturated carbocycles. The van der Waals surface area contributed by atoms with Crippen LogP contribution in [0.25, 0.3) is 10.9 Å². The van der Waals surface area contributed by atoms with E-state index >= 15 is 0 Å². The number of tetrazole rings is 1. The first-order chi connectivity index (χ1) is 15.4. The molecule has 2 N–H and O–H groups in total. The van der Waals surface area contributed by atoms with Gasteiger partial charge in [0, 0.05) is 18.7 Å². The Morgan fingerprint density at radius 2 is 1.91 bits per heavy atom. The Kier molecular flexibility index (Phi) is 6.38. The van der Waals surface area contributed by atoms with Crippen molar-refractivity contribution in [1.29, 1.82) is 0 Å². The lowest BCUT2D eigenvalue weighted by Crippen LogP contribution is -2.30. The summed E-state index contributed by atoms with van der Waals surface area (Å²) in [5.41, 5.74) is 4.34. The number of H-pyrrole nitrogens is 1. The molecule has 32 heavy (non-hydrogen) atoms. The number of halogens is 1. The minimum atomic E-state index is -0.300. The number of pyridine rings is 1. The lowest BCUT2D eigenvalue weighted by molar-refractivity contribution is 0.179. The number of benzene rings is 2. The van der Waals surface area contributed by atoms with E-state index in [1.807, 2.05) is 36.9 Å². The number of aryl methyl sites for hydroxylation is 2. The number of aliphatic hydroxyl groups is 1. The van der Waals surface area contributed by atoms with Crippen LogP contribution in [0.2, 0.25) is 0 Å². The minimum absolute atomic E-state index is 0.0662. The maximum absolute atomic E-state index is 13.2. The van der Waals surface area contributed by atoms with E-state index in [-0.39, 0.29) is 18.0 Å². The van der Waals surface area contributed by atoms with Crippen LogP contribution in [0, 0.1) is 19.7 Å². The maximum Gasteiger partial charge on any atom is 0.252 e. The van der Waals surface area contributed by atoms with E-state index in [1.54, 1.807) is 16.8 Å². The van der Waals surface area contributed by atoms with Gasteiger partial charge in [-0.25, -0.2) is 9.07 Å². The summed E-state index contributed by atoms with van der Waals surface area (Å²) in [6.07, 6.45) is 0. The van der Waals surface area contributed by atoms with Gasteiger partial charge in [-0.05, 0) is 64.5 Å². The Balaban J connectivity index is 1.56. The number of hydrogen-bond acceptors (Lipinski definition) is 6. The molecule has 0 saturated heterocycles. The third-order valence-electron chi connectivity index (χ3n) is 5.65. The zero-order valence-corrected chi connectivity index (χ0v) is 18.0. The molecule has 9 heteroatoms. The molecular weight excluding hydrogens is 411 g/mol. The van der Waals surface area contributed by atoms with E-state index in [4.69, 9.17) is 0 Å². The van der Waals surface area contributed by atoms with Gasteiger partial charge in [-0.1, -0.05) is 24.3 Å². The molecule has 4 rings (SSSR count). The topological polar surface area (TPSA) is 99.9 Å². The lowest BCUT2D eigenvalue weighted by atomic mass is 10.0. The van der Waals surface area contributed by atoms with Crippen LogP contribution in [-0.2, 0) is 19.6 Å². The minimum Gasteiger partial charge on any atom is -0.395 e. The van der Waals surface area contributed by atoms with E-state index in [0.29, 0.717) is 37.6 Å². The highest BCUT2D eigenvalue weighted by atomic mass is 19.1. The Morgan fingerprint density at radius 1 is 1.12 bits per heavy atom. The Bertz CT molecular complexity index is 1280. The quantitative estimate of drug-likeness (QED) is 0.440. The van der Waals surface area contributed by atoms with Crippen molar-refractivity contribution in [3.8, 4) is 0 Å². The summed E-state index contributed by atoms with van der Waals surface area (Å²) in [4.78, 5) is 17.7. The van der Waals surface area contributed by atoms with Gasteiger partial charge < -0.3 is 10.1 Å². The number of aromatic nitrogens is 5. The van der Waals surface area contributed by atoms with Crippen LogP contribution in [0.1, 0.15) is 28.1 Å². The zero-order chi connectivity index (χ0) is 22.7. The normalized spacial score (nSPS) is 11.5. The molecular formula is C23H25FN6O2. The second-order valence-electron chi connectivity index (χ2n) is 7.91. The van der Waals surface area contributed by atoms with E-state index in [0.717, 1.165) is 27.6 Å². The van der Waals surface area contributed by atoms with Crippen LogP contribution in [-0.4, -0.2) is 48.3 Å². The predicted octanol–water partition coefficient (Wildman–Crippen LogP) is 2.31. The van der Waals surface area contributed by atoms with Crippen LogP contribution in [0.4, 0.5) is 4.39 Å². The van der Waals surface area contributed by atoms with Gasteiger partial charge in [-0.15, -0.1) is 5.10 Å². The molecule has 0 atom stereocenters. The fourth-order valence-electron chi connectivity index (χ4n) is 3.71. The molecule has 8 nitrogen and oxygen atoms in total. The van der Waals surface area contributed by atoms with E-state index in [2.05, 4.69) is 20.5 Å². The van der Waals surface area contributed by atoms with Gasteiger partial charge >= 0.3 is 0 Å². The fraction of sp³-hybridized carbons (Fsp3) is 0.304. The summed E-state index contributed by atoms with van der Waals surface area (Å²) in [5.74, 6) is 0.289. The van der Waals surface area contributed by atoms with Gasteiger partial charge in [-0.2, -0.15) is 0 Å². The average molecular weight is 436 g/mol. The molecule has 166 valence electrons. The van der Waals surface area contributed by atoms with Gasteiger partial charge in [0.2, 0.25) is 0 Å². The second kappa shape index (κ2) is 9.37. The Morgan fingerprint density at radius 3 is 2.66 bits per heavy atom. The number of fused-ring (bicyclic) bond motifs is 1. The molecule has 0 amide bonds. The van der Waals surface area contributed by atoms with E-state index in [1.165, 1.54) is 12.1 Å².